The summed E-state index contributed by atoms with van der Waals surface area (Å²) in [6.07, 6.45) is 4.04. The van der Waals surface area contributed by atoms with Gasteiger partial charge in [-0.1, -0.05) is 72.8 Å². The van der Waals surface area contributed by atoms with Gasteiger partial charge in [-0.3, -0.25) is 0 Å². The minimum absolute atomic E-state index is 0.939. The van der Waals surface area contributed by atoms with Crippen molar-refractivity contribution in [3.8, 4) is 11.1 Å². The highest BCUT2D eigenvalue weighted by Crippen LogP contribution is 2.33. The molecule has 0 radical (unpaired) electrons. The summed E-state index contributed by atoms with van der Waals surface area (Å²) in [7, 11) is 0. The zero-order chi connectivity index (χ0) is 18.2. The molecule has 0 unspecified atom stereocenters. The number of hydrogen-bond donors (Lipinski definition) is 1. The van der Waals surface area contributed by atoms with E-state index >= 15 is 0 Å². The van der Waals surface area contributed by atoms with Gasteiger partial charge in [-0.15, -0.1) is 0 Å². The molecule has 0 fully saturated rings. The molecular weight excluding hydrogens is 326 g/mol. The van der Waals surface area contributed by atoms with E-state index < -0.39 is 0 Å². The highest BCUT2D eigenvalue weighted by atomic mass is 14.6. The van der Waals surface area contributed by atoms with Gasteiger partial charge in [0.15, 0.2) is 0 Å². The summed E-state index contributed by atoms with van der Waals surface area (Å²) in [5.41, 5.74) is 15.3. The van der Waals surface area contributed by atoms with Gasteiger partial charge in [0, 0.05) is 5.69 Å². The first kappa shape index (κ1) is 16.1. The first-order valence-electron chi connectivity index (χ1n) is 9.75. The lowest BCUT2D eigenvalue weighted by Gasteiger charge is -2.17. The Balaban J connectivity index is 1.67. The summed E-state index contributed by atoms with van der Waals surface area (Å²) in [5, 5.41) is 2.62. The predicted molar refractivity (Wildman–Crippen MR) is 115 cm³/mol. The Morgan fingerprint density at radius 1 is 0.556 bits per heavy atom. The molecule has 1 nitrogen and oxygen atoms in total. The third kappa shape index (κ3) is 3.00. The van der Waals surface area contributed by atoms with Crippen molar-refractivity contribution in [2.45, 2.75) is 25.7 Å². The lowest BCUT2D eigenvalue weighted by Crippen LogP contribution is -2.03. The Kier molecular flexibility index (Phi) is 3.94. The van der Waals surface area contributed by atoms with Gasteiger partial charge in [-0.05, 0) is 75.9 Å². The lowest BCUT2D eigenvalue weighted by atomic mass is 9.88. The summed E-state index contributed by atoms with van der Waals surface area (Å²) >= 11 is 0. The monoisotopic (exact) mass is 349 g/mol. The minimum Gasteiger partial charge on any atom is -0.398 e. The van der Waals surface area contributed by atoms with Gasteiger partial charge in [-0.25, -0.2) is 0 Å². The highest BCUT2D eigenvalue weighted by Gasteiger charge is 2.12. The zero-order valence-electron chi connectivity index (χ0n) is 15.4. The summed E-state index contributed by atoms with van der Waals surface area (Å²) in [6.45, 7) is 0. The second-order valence-electron chi connectivity index (χ2n) is 7.55. The van der Waals surface area contributed by atoms with Gasteiger partial charge >= 0.3 is 0 Å². The Morgan fingerprint density at radius 2 is 1.26 bits per heavy atom. The largest absolute Gasteiger partial charge is 0.398 e. The van der Waals surface area contributed by atoms with Crippen molar-refractivity contribution in [3.63, 3.8) is 0 Å². The zero-order valence-corrected chi connectivity index (χ0v) is 15.4. The van der Waals surface area contributed by atoms with Crippen LogP contribution in [-0.2, 0) is 25.7 Å². The number of anilines is 1. The van der Waals surface area contributed by atoms with Crippen LogP contribution in [0.3, 0.4) is 0 Å². The van der Waals surface area contributed by atoms with Gasteiger partial charge < -0.3 is 5.73 Å². The molecule has 0 aliphatic heterocycles. The van der Waals surface area contributed by atoms with E-state index in [1.54, 1.807) is 0 Å². The van der Waals surface area contributed by atoms with Gasteiger partial charge in [0.1, 0.15) is 0 Å². The fourth-order valence-electron chi connectivity index (χ4n) is 4.29. The summed E-state index contributed by atoms with van der Waals surface area (Å²) < 4.78 is 0. The maximum Gasteiger partial charge on any atom is 0.0349 e. The predicted octanol–water partition coefficient (Wildman–Crippen LogP) is 5.97. The number of nitrogen functional groups attached to an aromatic ring is 1. The molecule has 0 atom stereocenters. The third-order valence-corrected chi connectivity index (χ3v) is 5.83. The Hall–Kier alpha value is -3.06. The average Bonchev–Trinajstić information content (AvgIpc) is 2.70. The molecule has 4 aromatic carbocycles. The summed E-state index contributed by atoms with van der Waals surface area (Å²) in [6, 6.07) is 29.0. The van der Waals surface area contributed by atoms with Gasteiger partial charge in [-0.2, -0.15) is 0 Å². The van der Waals surface area contributed by atoms with Crippen molar-refractivity contribution in [2.75, 3.05) is 5.73 Å². The van der Waals surface area contributed by atoms with Gasteiger partial charge in [0.05, 0.1) is 0 Å². The van der Waals surface area contributed by atoms with Crippen molar-refractivity contribution in [1.29, 1.82) is 0 Å². The van der Waals surface area contributed by atoms with Gasteiger partial charge in [0.25, 0.3) is 0 Å². The van der Waals surface area contributed by atoms with Crippen LogP contribution in [0.5, 0.6) is 0 Å². The van der Waals surface area contributed by atoms with Crippen LogP contribution in [0.1, 0.15) is 22.3 Å². The van der Waals surface area contributed by atoms with E-state index in [9.17, 15) is 0 Å². The first-order chi connectivity index (χ1) is 13.3. The van der Waals surface area contributed by atoms with Crippen molar-refractivity contribution < 1.29 is 0 Å². The molecule has 132 valence electrons. The maximum atomic E-state index is 6.32. The van der Waals surface area contributed by atoms with Crippen LogP contribution in [0.4, 0.5) is 5.69 Å². The number of rotatable bonds is 1. The van der Waals surface area contributed by atoms with E-state index in [2.05, 4.69) is 78.9 Å². The Bertz CT molecular complexity index is 1130. The summed E-state index contributed by atoms with van der Waals surface area (Å²) in [5.74, 6) is 0. The van der Waals surface area contributed by atoms with Crippen LogP contribution in [0, 0.1) is 0 Å². The molecule has 4 aliphatic carbocycles. The fourth-order valence-corrected chi connectivity index (χ4v) is 4.29. The van der Waals surface area contributed by atoms with E-state index in [4.69, 9.17) is 5.73 Å². The van der Waals surface area contributed by atoms with Crippen molar-refractivity contribution in [2.24, 2.45) is 0 Å². The number of benzene rings is 4. The quantitative estimate of drug-likeness (QED) is 0.421. The summed E-state index contributed by atoms with van der Waals surface area (Å²) in [4.78, 5) is 0. The molecule has 4 bridgehead atoms. The van der Waals surface area contributed by atoms with Crippen molar-refractivity contribution >= 4 is 16.5 Å². The van der Waals surface area contributed by atoms with Crippen molar-refractivity contribution in [3.05, 3.63) is 101 Å². The third-order valence-electron chi connectivity index (χ3n) is 5.83. The molecule has 2 N–H and O–H groups in total. The SMILES string of the molecule is Nc1cc2ccc1CCc1ccc(cc1-c1cccc3ccccc13)CC2. The maximum absolute atomic E-state index is 6.32. The normalized spacial score (nSPS) is 13.5. The molecule has 8 rings (SSSR count). The lowest BCUT2D eigenvalue weighted by molar-refractivity contribution is 0.926. The molecule has 0 heterocycles. The van der Waals surface area contributed by atoms with E-state index in [0.717, 1.165) is 31.4 Å². The van der Waals surface area contributed by atoms with Crippen LogP contribution in [0.25, 0.3) is 21.9 Å². The van der Waals surface area contributed by atoms with Crippen LogP contribution in [0.15, 0.2) is 78.9 Å². The van der Waals surface area contributed by atoms with E-state index in [1.807, 2.05) is 0 Å². The number of hydrogen-bond acceptors (Lipinski definition) is 1. The number of fused-ring (bicyclic) bond motifs is 1. The molecule has 4 aromatic rings. The molecule has 0 saturated carbocycles. The number of nitrogens with two attached hydrogens (primary N) is 1. The van der Waals surface area contributed by atoms with Crippen molar-refractivity contribution in [1.82, 2.24) is 0 Å². The van der Waals surface area contributed by atoms with Crippen LogP contribution in [-0.4, -0.2) is 0 Å². The Labute approximate surface area is 160 Å². The first-order valence-corrected chi connectivity index (χ1v) is 9.75. The molecule has 4 aliphatic rings. The standard InChI is InChI=1S/C26H23N/c27-26-17-19-9-8-18-10-12-21(14-15-22(26)13-11-19)25(16-18)24-7-3-5-20-4-1-2-6-23(20)24/h1-7,10-13,16-17H,8-9,14-15,27H2. The molecule has 0 aromatic heterocycles. The van der Waals surface area contributed by atoms with Crippen LogP contribution < -0.4 is 5.73 Å². The number of aryl methyl sites for hydroxylation is 4. The fraction of sp³-hybridized carbons (Fsp3) is 0.154. The Morgan fingerprint density at radius 3 is 2.11 bits per heavy atom. The van der Waals surface area contributed by atoms with E-state index in [0.29, 0.717) is 0 Å². The molecule has 27 heavy (non-hydrogen) atoms. The molecule has 1 heteroatoms. The second-order valence-corrected chi connectivity index (χ2v) is 7.55. The smallest absolute Gasteiger partial charge is 0.0349 e. The topological polar surface area (TPSA) is 26.0 Å². The molecule has 0 saturated heterocycles. The average molecular weight is 349 g/mol. The van der Waals surface area contributed by atoms with Crippen LogP contribution >= 0.6 is 0 Å². The molecule has 0 spiro atoms. The molecule has 0 amide bonds. The van der Waals surface area contributed by atoms with Crippen LogP contribution in [0.2, 0.25) is 0 Å². The minimum atomic E-state index is 0.939. The van der Waals surface area contributed by atoms with Gasteiger partial charge in [0.2, 0.25) is 0 Å². The second kappa shape index (κ2) is 6.59. The highest BCUT2D eigenvalue weighted by molar-refractivity contribution is 5.97. The van der Waals surface area contributed by atoms with E-state index in [1.165, 1.54) is 44.2 Å². The molecular formula is C26H23N. The van der Waals surface area contributed by atoms with E-state index in [-0.39, 0.29) is 0 Å².